The van der Waals surface area contributed by atoms with Gasteiger partial charge in [0, 0.05) is 6.42 Å². The molecule has 9 heteroatoms. The molecule has 74 heavy (non-hydrogen) atoms. The molecule has 0 bridgehead atoms. The first-order valence-electron chi connectivity index (χ1n) is 29.9. The molecule has 0 fully saturated rings. The molecule has 0 aliphatic heterocycles. The average Bonchev–Trinajstić information content (AvgIpc) is 3.36. The number of aliphatic hydroxyl groups excluding tert-OH is 1. The van der Waals surface area contributed by atoms with Gasteiger partial charge in [-0.3, -0.25) is 9.36 Å². The third-order valence-corrected chi connectivity index (χ3v) is 13.6. The molecule has 0 aromatic rings. The van der Waals surface area contributed by atoms with Crippen LogP contribution in [0, 0.1) is 0 Å². The molecule has 424 valence electrons. The molecule has 0 rings (SSSR count). The predicted octanol–water partition coefficient (Wildman–Crippen LogP) is 17.9. The van der Waals surface area contributed by atoms with Crippen LogP contribution in [-0.2, 0) is 18.4 Å². The molecule has 0 saturated carbocycles. The SMILES string of the molecule is CC/C=C\C/C=C\C/C=C\C/C=C\C/C=C\C/C=C\C/C=C\CCCCCCCCCC(=O)NC(COP(=O)([O-])OCC[N+](C)(C)C)C(O)/C=C/CC/C=C/CC/C=C/CCCCCCCCCCCCCCC. The third kappa shape index (κ3) is 56.6. The van der Waals surface area contributed by atoms with Crippen LogP contribution in [0.4, 0.5) is 0 Å². The van der Waals surface area contributed by atoms with Crippen LogP contribution in [0.1, 0.15) is 232 Å². The summed E-state index contributed by atoms with van der Waals surface area (Å²) in [7, 11) is 1.21. The number of nitrogens with zero attached hydrogens (tertiary/aromatic N) is 1. The summed E-state index contributed by atoms with van der Waals surface area (Å²) < 4.78 is 23.3. The Balaban J connectivity index is 4.33. The van der Waals surface area contributed by atoms with E-state index < -0.39 is 26.6 Å². The van der Waals surface area contributed by atoms with E-state index in [0.29, 0.717) is 17.4 Å². The molecule has 0 aromatic carbocycles. The number of carbonyl (C=O) groups excluding carboxylic acids is 1. The number of hydrogen-bond acceptors (Lipinski definition) is 6. The van der Waals surface area contributed by atoms with Crippen LogP contribution in [0.5, 0.6) is 0 Å². The standard InChI is InChI=1S/C65H113N2O6P/c1-6-8-10-12-14-16-18-20-22-24-26-28-30-31-32-33-34-35-37-39-41-43-45-47-49-51-53-55-57-59-65(69)66-63(62-73-74(70,71)72-61-60-67(3,4)5)64(68)58-56-54-52-50-48-46-44-42-40-38-36-29-27-25-23-21-19-17-15-13-11-9-7-2/h8,10,14,16,20,22,26,28,31-32,34-35,39-42,48,50,56,58,63-64,68H,6-7,9,11-13,15,17-19,21,23-25,27,29-30,33,36-38,43-47,49,51-55,57,59-62H2,1-5H3,(H-,66,69,70,71)/b10-8-,16-14-,22-20-,28-26-,32-31-,35-34-,41-39-,42-40+,50-48+,58-56+. The third-order valence-electron chi connectivity index (χ3n) is 12.6. The van der Waals surface area contributed by atoms with E-state index in [1.54, 1.807) is 6.08 Å². The monoisotopic (exact) mass is 1050 g/mol. The van der Waals surface area contributed by atoms with Gasteiger partial charge in [0.25, 0.3) is 7.82 Å². The van der Waals surface area contributed by atoms with Gasteiger partial charge in [-0.05, 0) is 103 Å². The van der Waals surface area contributed by atoms with E-state index in [1.165, 1.54) is 109 Å². The highest BCUT2D eigenvalue weighted by Crippen LogP contribution is 2.38. The second-order valence-corrected chi connectivity index (χ2v) is 22.4. The number of quaternary nitrogens is 1. The first-order chi connectivity index (χ1) is 36.0. The molecule has 0 spiro atoms. The number of hydrogen-bond donors (Lipinski definition) is 2. The molecule has 0 aliphatic carbocycles. The van der Waals surface area contributed by atoms with Crippen molar-refractivity contribution in [2.45, 2.75) is 244 Å². The van der Waals surface area contributed by atoms with Crippen molar-refractivity contribution in [3.8, 4) is 0 Å². The van der Waals surface area contributed by atoms with Crippen LogP contribution in [0.3, 0.4) is 0 Å². The van der Waals surface area contributed by atoms with Crippen molar-refractivity contribution in [3.05, 3.63) is 122 Å². The molecule has 0 radical (unpaired) electrons. The maximum absolute atomic E-state index is 13.0. The number of carbonyl (C=O) groups is 1. The number of phosphoric acid groups is 1. The Labute approximate surface area is 456 Å². The summed E-state index contributed by atoms with van der Waals surface area (Å²) in [6.45, 7) is 4.49. The van der Waals surface area contributed by atoms with Crippen LogP contribution in [0.25, 0.3) is 0 Å². The number of amides is 1. The van der Waals surface area contributed by atoms with Crippen molar-refractivity contribution in [2.75, 3.05) is 40.9 Å². The molecule has 0 saturated heterocycles. The number of aliphatic hydroxyl groups is 1. The molecular weight excluding hydrogens is 936 g/mol. The second kappa shape index (κ2) is 54.7. The lowest BCUT2D eigenvalue weighted by Gasteiger charge is -2.29. The van der Waals surface area contributed by atoms with E-state index >= 15 is 0 Å². The van der Waals surface area contributed by atoms with Crippen molar-refractivity contribution in [3.63, 3.8) is 0 Å². The Kier molecular flexibility index (Phi) is 52.4. The maximum Gasteiger partial charge on any atom is 0.268 e. The summed E-state index contributed by atoms with van der Waals surface area (Å²) in [5.41, 5.74) is 0. The fourth-order valence-corrected chi connectivity index (χ4v) is 8.71. The van der Waals surface area contributed by atoms with Gasteiger partial charge in [-0.25, -0.2) is 0 Å². The highest BCUT2D eigenvalue weighted by molar-refractivity contribution is 7.45. The topological polar surface area (TPSA) is 108 Å². The first-order valence-corrected chi connectivity index (χ1v) is 31.4. The van der Waals surface area contributed by atoms with Crippen molar-refractivity contribution in [1.29, 1.82) is 0 Å². The normalized spacial score (nSPS) is 14.7. The fourth-order valence-electron chi connectivity index (χ4n) is 7.99. The lowest BCUT2D eigenvalue weighted by atomic mass is 10.0. The number of allylic oxidation sites excluding steroid dienone is 19. The van der Waals surface area contributed by atoms with E-state index in [9.17, 15) is 19.4 Å². The van der Waals surface area contributed by atoms with E-state index in [-0.39, 0.29) is 12.5 Å². The quantitative estimate of drug-likeness (QED) is 0.0272. The van der Waals surface area contributed by atoms with E-state index in [2.05, 4.69) is 129 Å². The van der Waals surface area contributed by atoms with E-state index in [1.807, 2.05) is 27.2 Å². The zero-order chi connectivity index (χ0) is 54.2. The van der Waals surface area contributed by atoms with Gasteiger partial charge in [-0.1, -0.05) is 245 Å². The molecule has 3 atom stereocenters. The Morgan fingerprint density at radius 2 is 0.838 bits per heavy atom. The molecular formula is C65H113N2O6P. The zero-order valence-corrected chi connectivity index (χ0v) is 49.1. The number of nitrogens with one attached hydrogen (secondary N) is 1. The van der Waals surface area contributed by atoms with Crippen LogP contribution >= 0.6 is 7.82 Å². The van der Waals surface area contributed by atoms with Gasteiger partial charge in [0.15, 0.2) is 0 Å². The van der Waals surface area contributed by atoms with Crippen molar-refractivity contribution < 1.29 is 32.9 Å². The first kappa shape index (κ1) is 70.9. The lowest BCUT2D eigenvalue weighted by molar-refractivity contribution is -0.870. The number of unbranched alkanes of at least 4 members (excludes halogenated alkanes) is 22. The van der Waals surface area contributed by atoms with Gasteiger partial charge in [0.1, 0.15) is 13.2 Å². The highest BCUT2D eigenvalue weighted by atomic mass is 31.2. The molecule has 3 unspecified atom stereocenters. The Morgan fingerprint density at radius 1 is 0.486 bits per heavy atom. The zero-order valence-electron chi connectivity index (χ0n) is 48.2. The summed E-state index contributed by atoms with van der Waals surface area (Å²) >= 11 is 0. The van der Waals surface area contributed by atoms with Crippen molar-refractivity contribution in [1.82, 2.24) is 5.32 Å². The average molecular weight is 1050 g/mol. The summed E-state index contributed by atoms with van der Waals surface area (Å²) in [6.07, 6.45) is 81.4. The van der Waals surface area contributed by atoms with E-state index in [0.717, 1.165) is 103 Å². The summed E-state index contributed by atoms with van der Waals surface area (Å²) in [5.74, 6) is -0.227. The van der Waals surface area contributed by atoms with Gasteiger partial charge in [0.2, 0.25) is 5.91 Å². The van der Waals surface area contributed by atoms with Gasteiger partial charge in [-0.2, -0.15) is 0 Å². The lowest BCUT2D eigenvalue weighted by Crippen LogP contribution is -2.45. The Morgan fingerprint density at radius 3 is 1.26 bits per heavy atom. The van der Waals surface area contributed by atoms with Crippen LogP contribution < -0.4 is 10.2 Å². The summed E-state index contributed by atoms with van der Waals surface area (Å²) in [6, 6.07) is -0.926. The number of phosphoric ester groups is 1. The van der Waals surface area contributed by atoms with Gasteiger partial charge >= 0.3 is 0 Å². The van der Waals surface area contributed by atoms with Crippen LogP contribution in [-0.4, -0.2) is 68.5 Å². The Hall–Kier alpha value is -3.10. The predicted molar refractivity (Wildman–Crippen MR) is 320 cm³/mol. The molecule has 0 aliphatic rings. The minimum atomic E-state index is -4.62. The Bertz CT molecular complexity index is 1620. The van der Waals surface area contributed by atoms with Crippen molar-refractivity contribution in [2.24, 2.45) is 0 Å². The van der Waals surface area contributed by atoms with Crippen LogP contribution in [0.15, 0.2) is 122 Å². The molecule has 0 aromatic heterocycles. The smallest absolute Gasteiger partial charge is 0.268 e. The minimum Gasteiger partial charge on any atom is -0.756 e. The maximum atomic E-state index is 13.0. The second-order valence-electron chi connectivity index (χ2n) is 20.9. The highest BCUT2D eigenvalue weighted by Gasteiger charge is 2.23. The van der Waals surface area contributed by atoms with E-state index in [4.69, 9.17) is 9.05 Å². The number of rotatable bonds is 53. The van der Waals surface area contributed by atoms with Gasteiger partial charge in [0.05, 0.1) is 39.9 Å². The van der Waals surface area contributed by atoms with Crippen LogP contribution in [0.2, 0.25) is 0 Å². The molecule has 8 nitrogen and oxygen atoms in total. The summed E-state index contributed by atoms with van der Waals surface area (Å²) in [5, 5.41) is 13.9. The van der Waals surface area contributed by atoms with Gasteiger partial charge < -0.3 is 28.8 Å². The largest absolute Gasteiger partial charge is 0.756 e. The molecule has 2 N–H and O–H groups in total. The fraction of sp³-hybridized carbons (Fsp3) is 0.677. The van der Waals surface area contributed by atoms with Crippen molar-refractivity contribution >= 4 is 13.7 Å². The molecule has 1 amide bonds. The van der Waals surface area contributed by atoms with Gasteiger partial charge in [-0.15, -0.1) is 0 Å². The minimum absolute atomic E-state index is 0.0180. The summed E-state index contributed by atoms with van der Waals surface area (Å²) in [4.78, 5) is 25.5. The molecule has 0 heterocycles. The number of likely N-dealkylation sites (N-methyl/N-ethyl adjacent to an activating group) is 1.